The molecule has 5 heteroatoms. The monoisotopic (exact) mass is 295 g/mol. The first kappa shape index (κ1) is 17.4. The second-order valence-corrected chi connectivity index (χ2v) is 4.77. The average molecular weight is 295 g/mol. The molecule has 0 aliphatic rings. The molecular weight excluding hydrogens is 269 g/mol. The first-order valence-corrected chi connectivity index (χ1v) is 7.49. The van der Waals surface area contributed by atoms with E-state index >= 15 is 0 Å². The van der Waals surface area contributed by atoms with E-state index < -0.39 is 0 Å². The van der Waals surface area contributed by atoms with E-state index in [-0.39, 0.29) is 5.82 Å². The molecule has 0 aromatic heterocycles. The minimum atomic E-state index is -0.209. The van der Waals surface area contributed by atoms with Gasteiger partial charge in [0.15, 0.2) is 5.96 Å². The summed E-state index contributed by atoms with van der Waals surface area (Å²) in [7, 11) is 1.95. The number of nitrogens with one attached hydrogen (secondary N) is 1. The summed E-state index contributed by atoms with van der Waals surface area (Å²) in [5.74, 6) is 0.623. The third kappa shape index (κ3) is 7.09. The first-order valence-electron chi connectivity index (χ1n) is 7.49. The molecule has 1 aromatic carbocycles. The lowest BCUT2D eigenvalue weighted by Gasteiger charge is -2.22. The number of aliphatic imine (C=N–C) groups is 1. The fourth-order valence-corrected chi connectivity index (χ4v) is 1.95. The van der Waals surface area contributed by atoms with E-state index in [1.807, 2.05) is 31.9 Å². The van der Waals surface area contributed by atoms with Crippen LogP contribution in [0.25, 0.3) is 0 Å². The Balaban J connectivity index is 2.55. The molecular formula is C16H26FN3O. The zero-order valence-corrected chi connectivity index (χ0v) is 13.2. The predicted molar refractivity (Wildman–Crippen MR) is 85.0 cm³/mol. The largest absolute Gasteiger partial charge is 0.382 e. The van der Waals surface area contributed by atoms with Crippen LogP contribution in [0, 0.1) is 5.82 Å². The highest BCUT2D eigenvalue weighted by molar-refractivity contribution is 5.79. The Labute approximate surface area is 127 Å². The van der Waals surface area contributed by atoms with Gasteiger partial charge in [-0.2, -0.15) is 0 Å². The van der Waals surface area contributed by atoms with Gasteiger partial charge in [0, 0.05) is 39.9 Å². The average Bonchev–Trinajstić information content (AvgIpc) is 2.46. The third-order valence-electron chi connectivity index (χ3n) is 2.92. The van der Waals surface area contributed by atoms with Gasteiger partial charge in [-0.15, -0.1) is 0 Å². The Morgan fingerprint density at radius 3 is 2.86 bits per heavy atom. The predicted octanol–water partition coefficient (Wildman–Crippen LogP) is 2.65. The zero-order chi connectivity index (χ0) is 15.5. The molecule has 1 aromatic rings. The number of halogens is 1. The van der Waals surface area contributed by atoms with Crippen molar-refractivity contribution in [3.05, 3.63) is 35.6 Å². The van der Waals surface area contributed by atoms with E-state index in [0.29, 0.717) is 6.54 Å². The van der Waals surface area contributed by atoms with Crippen LogP contribution in [-0.4, -0.2) is 44.2 Å². The molecule has 0 amide bonds. The molecule has 0 saturated heterocycles. The Morgan fingerprint density at radius 2 is 2.19 bits per heavy atom. The summed E-state index contributed by atoms with van der Waals surface area (Å²) in [4.78, 5) is 6.56. The molecule has 0 fully saturated rings. The summed E-state index contributed by atoms with van der Waals surface area (Å²) in [5, 5.41) is 3.25. The van der Waals surface area contributed by atoms with Gasteiger partial charge in [0.05, 0.1) is 0 Å². The SMILES string of the molecule is CCNC(=NCCCOCC)N(C)Cc1cccc(F)c1. The van der Waals surface area contributed by atoms with Crippen molar-refractivity contribution in [1.29, 1.82) is 0 Å². The van der Waals surface area contributed by atoms with Gasteiger partial charge in [-0.3, -0.25) is 4.99 Å². The normalized spacial score (nSPS) is 11.5. The lowest BCUT2D eigenvalue weighted by Crippen LogP contribution is -2.38. The number of hydrogen-bond donors (Lipinski definition) is 1. The zero-order valence-electron chi connectivity index (χ0n) is 13.2. The fraction of sp³-hybridized carbons (Fsp3) is 0.562. The molecule has 1 N–H and O–H groups in total. The maximum atomic E-state index is 13.2. The summed E-state index contributed by atoms with van der Waals surface area (Å²) in [6, 6.07) is 6.65. The van der Waals surface area contributed by atoms with Crippen LogP contribution < -0.4 is 5.32 Å². The van der Waals surface area contributed by atoms with Crippen LogP contribution in [0.1, 0.15) is 25.8 Å². The molecule has 118 valence electrons. The molecule has 1 rings (SSSR count). The quantitative estimate of drug-likeness (QED) is 0.455. The van der Waals surface area contributed by atoms with Crippen molar-refractivity contribution in [1.82, 2.24) is 10.2 Å². The lowest BCUT2D eigenvalue weighted by molar-refractivity contribution is 0.146. The third-order valence-corrected chi connectivity index (χ3v) is 2.92. The van der Waals surface area contributed by atoms with E-state index in [9.17, 15) is 4.39 Å². The van der Waals surface area contributed by atoms with Crippen molar-refractivity contribution in [2.75, 3.05) is 33.4 Å². The van der Waals surface area contributed by atoms with Crippen molar-refractivity contribution in [3.63, 3.8) is 0 Å². The van der Waals surface area contributed by atoms with Gasteiger partial charge in [0.2, 0.25) is 0 Å². The van der Waals surface area contributed by atoms with Crippen molar-refractivity contribution in [3.8, 4) is 0 Å². The van der Waals surface area contributed by atoms with E-state index in [1.54, 1.807) is 12.1 Å². The number of hydrogen-bond acceptors (Lipinski definition) is 2. The summed E-state index contributed by atoms with van der Waals surface area (Å²) in [6.07, 6.45) is 0.899. The molecule has 0 aliphatic carbocycles. The highest BCUT2D eigenvalue weighted by Gasteiger charge is 2.06. The molecule has 0 bridgehead atoms. The van der Waals surface area contributed by atoms with Crippen molar-refractivity contribution < 1.29 is 9.13 Å². The molecule has 0 spiro atoms. The molecule has 0 saturated carbocycles. The van der Waals surface area contributed by atoms with Gasteiger partial charge in [-0.1, -0.05) is 12.1 Å². The smallest absolute Gasteiger partial charge is 0.193 e. The fourth-order valence-electron chi connectivity index (χ4n) is 1.95. The van der Waals surface area contributed by atoms with Crippen LogP contribution in [0.2, 0.25) is 0 Å². The Morgan fingerprint density at radius 1 is 1.38 bits per heavy atom. The van der Waals surface area contributed by atoms with E-state index in [2.05, 4.69) is 10.3 Å². The van der Waals surface area contributed by atoms with Crippen LogP contribution in [0.3, 0.4) is 0 Å². The molecule has 21 heavy (non-hydrogen) atoms. The van der Waals surface area contributed by atoms with E-state index in [0.717, 1.165) is 44.2 Å². The Kier molecular flexibility index (Phi) is 8.43. The van der Waals surface area contributed by atoms with Gasteiger partial charge in [-0.05, 0) is 38.0 Å². The highest BCUT2D eigenvalue weighted by Crippen LogP contribution is 2.06. The Hall–Kier alpha value is -1.62. The highest BCUT2D eigenvalue weighted by atomic mass is 19.1. The van der Waals surface area contributed by atoms with E-state index in [4.69, 9.17) is 4.74 Å². The summed E-state index contributed by atoms with van der Waals surface area (Å²) >= 11 is 0. The number of rotatable bonds is 8. The number of benzene rings is 1. The van der Waals surface area contributed by atoms with Crippen molar-refractivity contribution >= 4 is 5.96 Å². The lowest BCUT2D eigenvalue weighted by atomic mass is 10.2. The summed E-state index contributed by atoms with van der Waals surface area (Å²) in [5.41, 5.74) is 0.928. The van der Waals surface area contributed by atoms with E-state index in [1.165, 1.54) is 6.07 Å². The topological polar surface area (TPSA) is 36.9 Å². The summed E-state index contributed by atoms with van der Waals surface area (Å²) < 4.78 is 18.5. The van der Waals surface area contributed by atoms with Crippen molar-refractivity contribution in [2.24, 2.45) is 4.99 Å². The summed E-state index contributed by atoms with van der Waals surface area (Å²) in [6.45, 7) is 7.63. The number of guanidine groups is 1. The van der Waals surface area contributed by atoms with Crippen LogP contribution in [0.15, 0.2) is 29.3 Å². The molecule has 0 heterocycles. The van der Waals surface area contributed by atoms with Gasteiger partial charge in [-0.25, -0.2) is 4.39 Å². The second-order valence-electron chi connectivity index (χ2n) is 4.77. The van der Waals surface area contributed by atoms with Gasteiger partial charge < -0.3 is 15.0 Å². The van der Waals surface area contributed by atoms with Crippen LogP contribution >= 0.6 is 0 Å². The minimum Gasteiger partial charge on any atom is -0.382 e. The molecule has 0 atom stereocenters. The van der Waals surface area contributed by atoms with Crippen LogP contribution in [-0.2, 0) is 11.3 Å². The van der Waals surface area contributed by atoms with Crippen molar-refractivity contribution in [2.45, 2.75) is 26.8 Å². The Bertz CT molecular complexity index is 437. The molecule has 0 aliphatic heterocycles. The molecule has 4 nitrogen and oxygen atoms in total. The maximum Gasteiger partial charge on any atom is 0.193 e. The second kappa shape index (κ2) is 10.2. The number of ether oxygens (including phenoxy) is 1. The molecule has 0 radical (unpaired) electrons. The minimum absolute atomic E-state index is 0.209. The molecule has 0 unspecified atom stereocenters. The van der Waals surface area contributed by atoms with Gasteiger partial charge in [0.25, 0.3) is 0 Å². The standard InChI is InChI=1S/C16H26FN3O/c1-4-18-16(19-10-7-11-21-5-2)20(3)13-14-8-6-9-15(17)12-14/h6,8-9,12H,4-5,7,10-11,13H2,1-3H3,(H,18,19). The van der Waals surface area contributed by atoms with Gasteiger partial charge in [0.1, 0.15) is 5.82 Å². The number of nitrogens with zero attached hydrogens (tertiary/aromatic N) is 2. The maximum absolute atomic E-state index is 13.2. The van der Waals surface area contributed by atoms with Gasteiger partial charge >= 0.3 is 0 Å². The first-order chi connectivity index (χ1) is 10.2. The van der Waals surface area contributed by atoms with Crippen LogP contribution in [0.5, 0.6) is 0 Å². The van der Waals surface area contributed by atoms with Crippen LogP contribution in [0.4, 0.5) is 4.39 Å².